The number of nitrogens with zero attached hydrogens (tertiary/aromatic N) is 2. The van der Waals surface area contributed by atoms with E-state index < -0.39 is 6.17 Å². The molecular formula is C27H20Cl2N2O. The Morgan fingerprint density at radius 3 is 2.12 bits per heavy atom. The van der Waals surface area contributed by atoms with Crippen LogP contribution in [0.25, 0.3) is 0 Å². The number of carbonyl (C=O) groups is 1. The molecule has 158 valence electrons. The number of benzene rings is 4. The second kappa shape index (κ2) is 8.70. The van der Waals surface area contributed by atoms with Gasteiger partial charge in [0.2, 0.25) is 0 Å². The highest BCUT2D eigenvalue weighted by Gasteiger charge is 2.40. The quantitative estimate of drug-likeness (QED) is 0.318. The van der Waals surface area contributed by atoms with Crippen molar-refractivity contribution < 1.29 is 4.79 Å². The van der Waals surface area contributed by atoms with E-state index in [0.717, 1.165) is 22.5 Å². The summed E-state index contributed by atoms with van der Waals surface area (Å²) in [5.74, 6) is -0.0628. The van der Waals surface area contributed by atoms with Gasteiger partial charge in [0.25, 0.3) is 5.91 Å². The molecule has 0 fully saturated rings. The van der Waals surface area contributed by atoms with Crippen LogP contribution in [-0.4, -0.2) is 5.91 Å². The number of rotatable bonds is 4. The molecule has 0 spiro atoms. The first-order valence-electron chi connectivity index (χ1n) is 10.4. The Morgan fingerprint density at radius 1 is 0.750 bits per heavy atom. The normalized spacial score (nSPS) is 15.6. The van der Waals surface area contributed by atoms with E-state index in [0.29, 0.717) is 22.2 Å². The zero-order chi connectivity index (χ0) is 22.1. The molecule has 4 aromatic rings. The van der Waals surface area contributed by atoms with Crippen molar-refractivity contribution in [3.05, 3.63) is 130 Å². The molecule has 1 aliphatic heterocycles. The van der Waals surface area contributed by atoms with Gasteiger partial charge in [0.15, 0.2) is 0 Å². The molecule has 0 aromatic heterocycles. The van der Waals surface area contributed by atoms with Gasteiger partial charge >= 0.3 is 0 Å². The lowest BCUT2D eigenvalue weighted by molar-refractivity contribution is 0.0968. The first-order valence-corrected chi connectivity index (χ1v) is 11.1. The summed E-state index contributed by atoms with van der Waals surface area (Å²) in [7, 11) is 0. The fourth-order valence-electron chi connectivity index (χ4n) is 4.23. The van der Waals surface area contributed by atoms with Gasteiger partial charge in [0.05, 0.1) is 11.3 Å². The number of hydrogen-bond donors (Lipinski definition) is 0. The Hall–Kier alpha value is -3.27. The summed E-state index contributed by atoms with van der Waals surface area (Å²) in [5.41, 5.74) is 4.30. The van der Waals surface area contributed by atoms with Crippen molar-refractivity contribution in [2.75, 3.05) is 9.80 Å². The van der Waals surface area contributed by atoms with E-state index in [4.69, 9.17) is 23.2 Å². The minimum atomic E-state index is -0.440. The van der Waals surface area contributed by atoms with Gasteiger partial charge in [0.1, 0.15) is 6.17 Å². The van der Waals surface area contributed by atoms with Crippen LogP contribution in [0.1, 0.15) is 27.7 Å². The maximum absolute atomic E-state index is 13.8. The summed E-state index contributed by atoms with van der Waals surface area (Å²) < 4.78 is 0. The molecule has 0 saturated heterocycles. The van der Waals surface area contributed by atoms with E-state index in [9.17, 15) is 4.79 Å². The van der Waals surface area contributed by atoms with E-state index in [1.54, 1.807) is 6.07 Å². The fourth-order valence-corrected chi connectivity index (χ4v) is 4.74. The third kappa shape index (κ3) is 3.75. The highest BCUT2D eigenvalue weighted by molar-refractivity contribution is 6.35. The molecule has 1 atom stereocenters. The van der Waals surface area contributed by atoms with Crippen LogP contribution in [0, 0.1) is 0 Å². The summed E-state index contributed by atoms with van der Waals surface area (Å²) in [5, 5.41) is 1.08. The van der Waals surface area contributed by atoms with Gasteiger partial charge in [0, 0.05) is 27.8 Å². The average molecular weight is 459 g/mol. The largest absolute Gasteiger partial charge is 0.342 e. The molecule has 0 unspecified atom stereocenters. The number of halogens is 2. The Bertz CT molecular complexity index is 1260. The van der Waals surface area contributed by atoms with Gasteiger partial charge in [-0.25, -0.2) is 0 Å². The molecule has 32 heavy (non-hydrogen) atoms. The Kier molecular flexibility index (Phi) is 5.60. The number of amides is 1. The Balaban J connectivity index is 1.75. The molecule has 3 nitrogen and oxygen atoms in total. The second-order valence-corrected chi connectivity index (χ2v) is 8.52. The van der Waals surface area contributed by atoms with Crippen molar-refractivity contribution in [3.8, 4) is 0 Å². The molecule has 0 bridgehead atoms. The number of fused-ring (bicyclic) bond motifs is 1. The maximum atomic E-state index is 13.8. The number of hydrogen-bond acceptors (Lipinski definition) is 2. The summed E-state index contributed by atoms with van der Waals surface area (Å²) in [4.78, 5) is 17.9. The third-order valence-corrected chi connectivity index (χ3v) is 6.24. The molecule has 5 rings (SSSR count). The highest BCUT2D eigenvalue weighted by atomic mass is 35.5. The van der Waals surface area contributed by atoms with Crippen molar-refractivity contribution in [2.24, 2.45) is 0 Å². The van der Waals surface area contributed by atoms with Crippen LogP contribution in [0.15, 0.2) is 103 Å². The first-order chi connectivity index (χ1) is 15.6. The highest BCUT2D eigenvalue weighted by Crippen LogP contribution is 2.44. The molecule has 1 aliphatic rings. The minimum Gasteiger partial charge on any atom is -0.342 e. The van der Waals surface area contributed by atoms with Crippen LogP contribution in [0.5, 0.6) is 0 Å². The van der Waals surface area contributed by atoms with Crippen LogP contribution in [0.2, 0.25) is 10.0 Å². The molecule has 0 aliphatic carbocycles. The van der Waals surface area contributed by atoms with Gasteiger partial charge in [-0.15, -0.1) is 0 Å². The molecule has 1 amide bonds. The van der Waals surface area contributed by atoms with Crippen LogP contribution >= 0.6 is 23.2 Å². The van der Waals surface area contributed by atoms with Crippen molar-refractivity contribution in [3.63, 3.8) is 0 Å². The van der Waals surface area contributed by atoms with Crippen molar-refractivity contribution in [2.45, 2.75) is 12.7 Å². The topological polar surface area (TPSA) is 23.6 Å². The standard InChI is InChI=1S/C27H20Cl2N2O/c28-20-15-16-22(24(29)17-20)26-30(18-19-9-3-1-4-10-19)25-14-8-7-13-23(25)27(32)31(26)21-11-5-2-6-12-21/h1-17,26H,18H2/t26-/m0/s1. The van der Waals surface area contributed by atoms with E-state index in [-0.39, 0.29) is 5.91 Å². The Morgan fingerprint density at radius 2 is 1.41 bits per heavy atom. The third-order valence-electron chi connectivity index (χ3n) is 5.67. The van der Waals surface area contributed by atoms with Gasteiger partial charge < -0.3 is 4.90 Å². The first kappa shape index (κ1) is 20.6. The van der Waals surface area contributed by atoms with Crippen LogP contribution in [0.4, 0.5) is 11.4 Å². The Labute approximate surface area is 197 Å². The lowest BCUT2D eigenvalue weighted by Gasteiger charge is -2.46. The van der Waals surface area contributed by atoms with Crippen LogP contribution in [0.3, 0.4) is 0 Å². The van der Waals surface area contributed by atoms with E-state index in [2.05, 4.69) is 17.0 Å². The number of carbonyl (C=O) groups excluding carboxylic acids is 1. The van der Waals surface area contributed by atoms with Crippen molar-refractivity contribution >= 4 is 40.5 Å². The van der Waals surface area contributed by atoms with Gasteiger partial charge in [-0.1, -0.05) is 89.9 Å². The second-order valence-electron chi connectivity index (χ2n) is 7.68. The molecular weight excluding hydrogens is 439 g/mol. The lowest BCUT2D eigenvalue weighted by Crippen LogP contribution is -2.49. The molecule has 0 N–H and O–H groups in total. The number of para-hydroxylation sites is 2. The molecule has 5 heteroatoms. The van der Waals surface area contributed by atoms with Gasteiger partial charge in [-0.05, 0) is 42.0 Å². The summed E-state index contributed by atoms with van der Waals surface area (Å²) in [6, 6.07) is 33.1. The molecule has 4 aromatic carbocycles. The van der Waals surface area contributed by atoms with E-state index >= 15 is 0 Å². The predicted molar refractivity (Wildman–Crippen MR) is 132 cm³/mol. The summed E-state index contributed by atoms with van der Waals surface area (Å²) in [6.07, 6.45) is -0.440. The van der Waals surface area contributed by atoms with Crippen molar-refractivity contribution in [1.29, 1.82) is 0 Å². The van der Waals surface area contributed by atoms with Crippen molar-refractivity contribution in [1.82, 2.24) is 0 Å². The number of anilines is 2. The molecule has 0 radical (unpaired) electrons. The summed E-state index contributed by atoms with van der Waals surface area (Å²) >= 11 is 12.9. The van der Waals surface area contributed by atoms with Gasteiger partial charge in [-0.2, -0.15) is 0 Å². The van der Waals surface area contributed by atoms with E-state index in [1.807, 2.05) is 89.8 Å². The lowest BCUT2D eigenvalue weighted by atomic mass is 9.99. The minimum absolute atomic E-state index is 0.0628. The van der Waals surface area contributed by atoms with Gasteiger partial charge in [-0.3, -0.25) is 9.69 Å². The maximum Gasteiger partial charge on any atom is 0.262 e. The fraction of sp³-hybridized carbons (Fsp3) is 0.0741. The van der Waals surface area contributed by atoms with Crippen LogP contribution in [-0.2, 0) is 6.54 Å². The molecule has 1 heterocycles. The monoisotopic (exact) mass is 458 g/mol. The molecule has 0 saturated carbocycles. The average Bonchev–Trinajstić information content (AvgIpc) is 2.82. The SMILES string of the molecule is O=C1c2ccccc2N(Cc2ccccc2)[C@H](c2ccc(Cl)cc2Cl)N1c1ccccc1. The zero-order valence-corrected chi connectivity index (χ0v) is 18.7. The zero-order valence-electron chi connectivity index (χ0n) is 17.2. The van der Waals surface area contributed by atoms with Crippen LogP contribution < -0.4 is 9.80 Å². The predicted octanol–water partition coefficient (Wildman–Crippen LogP) is 7.36. The van der Waals surface area contributed by atoms with E-state index in [1.165, 1.54) is 0 Å². The smallest absolute Gasteiger partial charge is 0.262 e. The summed E-state index contributed by atoms with van der Waals surface area (Å²) in [6.45, 7) is 0.609.